The van der Waals surface area contributed by atoms with E-state index in [1.807, 2.05) is 0 Å². The van der Waals surface area contributed by atoms with E-state index in [0.29, 0.717) is 17.6 Å². The third-order valence-electron chi connectivity index (χ3n) is 6.79. The number of nitrogens with one attached hydrogen (secondary N) is 3. The Balaban J connectivity index is 1.63. The maximum absolute atomic E-state index is 13.2. The quantitative estimate of drug-likeness (QED) is 0.468. The Kier molecular flexibility index (Phi) is 6.33. The Labute approximate surface area is 193 Å². The minimum Gasteiger partial charge on any atom is -0.349 e. The van der Waals surface area contributed by atoms with Crippen LogP contribution >= 0.6 is 0 Å². The molecule has 0 amide bonds. The number of halogens is 3. The average Bonchev–Trinajstić information content (AvgIpc) is 3.11. The topological polar surface area (TPSA) is 65.1 Å². The molecule has 1 fully saturated rings. The lowest BCUT2D eigenvalue weighted by molar-refractivity contribution is -0.137. The lowest BCUT2D eigenvalue weighted by Crippen LogP contribution is -2.49. The summed E-state index contributed by atoms with van der Waals surface area (Å²) in [6.07, 6.45) is 2.12. The van der Waals surface area contributed by atoms with Gasteiger partial charge in [0.15, 0.2) is 12.1 Å². The second-order valence-electron chi connectivity index (χ2n) is 9.88. The smallest absolute Gasteiger partial charge is 0.349 e. The highest BCUT2D eigenvalue weighted by molar-refractivity contribution is 5.74. The van der Waals surface area contributed by atoms with Crippen molar-refractivity contribution in [3.63, 3.8) is 0 Å². The molecule has 1 saturated carbocycles. The van der Waals surface area contributed by atoms with Crippen molar-refractivity contribution in [1.82, 2.24) is 9.97 Å². The predicted octanol–water partition coefficient (Wildman–Crippen LogP) is 6.30. The molecule has 33 heavy (non-hydrogen) atoms. The lowest BCUT2D eigenvalue weighted by atomic mass is 9.86. The summed E-state index contributed by atoms with van der Waals surface area (Å²) in [6.45, 7) is 8.56. The highest BCUT2D eigenvalue weighted by Gasteiger charge is 2.38. The van der Waals surface area contributed by atoms with Gasteiger partial charge in [0.25, 0.3) is 0 Å². The third kappa shape index (κ3) is 5.28. The number of fused-ring (bicyclic) bond motifs is 1. The molecule has 1 atom stereocenters. The zero-order chi connectivity index (χ0) is 23.8. The number of aromatic nitrogens is 2. The van der Waals surface area contributed by atoms with Gasteiger partial charge in [0, 0.05) is 17.3 Å². The molecule has 1 aliphatic heterocycles. The van der Waals surface area contributed by atoms with Gasteiger partial charge in [0.2, 0.25) is 5.95 Å². The molecule has 2 heterocycles. The number of alkyl halides is 3. The maximum atomic E-state index is 13.2. The van der Waals surface area contributed by atoms with E-state index < -0.39 is 18.0 Å². The van der Waals surface area contributed by atoms with Gasteiger partial charge in [-0.25, -0.2) is 4.98 Å². The summed E-state index contributed by atoms with van der Waals surface area (Å²) in [6, 6.07) is 5.55. The van der Waals surface area contributed by atoms with Crippen molar-refractivity contribution in [2.75, 3.05) is 20.9 Å². The lowest BCUT2D eigenvalue weighted by Gasteiger charge is -2.38. The first-order valence-corrected chi connectivity index (χ1v) is 11.7. The van der Waals surface area contributed by atoms with Crippen LogP contribution in [0.1, 0.15) is 65.4 Å². The summed E-state index contributed by atoms with van der Waals surface area (Å²) in [7, 11) is 0. The third-order valence-corrected chi connectivity index (χ3v) is 6.79. The molecule has 6 nitrogen and oxygen atoms in total. The van der Waals surface area contributed by atoms with Crippen LogP contribution in [-0.2, 0) is 6.18 Å². The number of hydrogen-bond donors (Lipinski definition) is 3. The van der Waals surface area contributed by atoms with Crippen molar-refractivity contribution in [3.05, 3.63) is 36.0 Å². The maximum Gasteiger partial charge on any atom is 0.416 e. The van der Waals surface area contributed by atoms with Gasteiger partial charge in [-0.2, -0.15) is 18.2 Å². The zero-order valence-electron chi connectivity index (χ0n) is 19.6. The average molecular weight is 463 g/mol. The van der Waals surface area contributed by atoms with E-state index in [1.165, 1.54) is 6.07 Å². The fourth-order valence-corrected chi connectivity index (χ4v) is 4.42. The van der Waals surface area contributed by atoms with E-state index in [2.05, 4.69) is 53.5 Å². The summed E-state index contributed by atoms with van der Waals surface area (Å²) < 4.78 is 39.7. The highest BCUT2D eigenvalue weighted by atomic mass is 19.4. The van der Waals surface area contributed by atoms with Gasteiger partial charge in [-0.1, -0.05) is 19.9 Å². The van der Waals surface area contributed by atoms with E-state index >= 15 is 0 Å². The molecule has 4 rings (SSSR count). The molecule has 180 valence electrons. The Morgan fingerprint density at radius 2 is 1.88 bits per heavy atom. The molecule has 1 aliphatic carbocycles. The SMILES string of the molecule is CCC(C)(C)Nc1ncc2c(n1)N(C1CCC(C)CC1)C(Nc1cccc(C(F)(F)F)c1)N2. The number of nitrogens with zero attached hydrogens (tertiary/aromatic N) is 3. The first kappa shape index (κ1) is 23.4. The van der Waals surface area contributed by atoms with Gasteiger partial charge < -0.3 is 20.9 Å². The molecule has 2 aromatic rings. The Hall–Kier alpha value is -2.71. The molecular weight excluding hydrogens is 429 g/mol. The summed E-state index contributed by atoms with van der Waals surface area (Å²) in [5.41, 5.74) is 0.357. The molecule has 0 bridgehead atoms. The zero-order valence-corrected chi connectivity index (χ0v) is 19.6. The Morgan fingerprint density at radius 1 is 1.15 bits per heavy atom. The molecule has 3 N–H and O–H groups in total. The summed E-state index contributed by atoms with van der Waals surface area (Å²) in [4.78, 5) is 11.5. The highest BCUT2D eigenvalue weighted by Crippen LogP contribution is 2.40. The molecule has 1 unspecified atom stereocenters. The van der Waals surface area contributed by atoms with Crippen LogP contribution in [0.4, 0.5) is 36.3 Å². The van der Waals surface area contributed by atoms with Crippen LogP contribution in [0.25, 0.3) is 0 Å². The van der Waals surface area contributed by atoms with Crippen molar-refractivity contribution in [3.8, 4) is 0 Å². The van der Waals surface area contributed by atoms with Crippen LogP contribution in [0.15, 0.2) is 30.5 Å². The van der Waals surface area contributed by atoms with Crippen molar-refractivity contribution < 1.29 is 13.2 Å². The van der Waals surface area contributed by atoms with Crippen molar-refractivity contribution >= 4 is 23.1 Å². The summed E-state index contributed by atoms with van der Waals surface area (Å²) in [5.74, 6) is 2.01. The monoisotopic (exact) mass is 462 g/mol. The van der Waals surface area contributed by atoms with Gasteiger partial charge in [-0.15, -0.1) is 0 Å². The predicted molar refractivity (Wildman–Crippen MR) is 126 cm³/mol. The largest absolute Gasteiger partial charge is 0.416 e. The van der Waals surface area contributed by atoms with Gasteiger partial charge in [-0.05, 0) is 70.1 Å². The molecule has 2 aliphatic rings. The van der Waals surface area contributed by atoms with Gasteiger partial charge in [0.1, 0.15) is 0 Å². The van der Waals surface area contributed by atoms with Gasteiger partial charge >= 0.3 is 6.18 Å². The van der Waals surface area contributed by atoms with Gasteiger partial charge in [0.05, 0.1) is 17.4 Å². The number of rotatable bonds is 6. The molecule has 1 aromatic carbocycles. The summed E-state index contributed by atoms with van der Waals surface area (Å²) >= 11 is 0. The van der Waals surface area contributed by atoms with E-state index in [4.69, 9.17) is 4.98 Å². The standard InChI is InChI=1S/C24H33F3N6/c1-5-23(3,4)32-21-28-14-19-20(31-21)33(18-11-9-15(2)10-12-18)22(30-19)29-17-8-6-7-16(13-17)24(25,26)27/h6-8,13-15,18,22,29-30H,5,9-12H2,1-4H3,(H,28,31,32). The molecule has 1 aromatic heterocycles. The normalized spacial score (nSPS) is 23.1. The number of hydrogen-bond acceptors (Lipinski definition) is 6. The minimum atomic E-state index is -4.39. The fourth-order valence-electron chi connectivity index (χ4n) is 4.42. The summed E-state index contributed by atoms with van der Waals surface area (Å²) in [5, 5.41) is 10.0. The fraction of sp³-hybridized carbons (Fsp3) is 0.583. The number of anilines is 4. The van der Waals surface area contributed by atoms with Crippen molar-refractivity contribution in [1.29, 1.82) is 0 Å². The Bertz CT molecular complexity index is 969. The Morgan fingerprint density at radius 3 is 2.55 bits per heavy atom. The van der Waals surface area contributed by atoms with Crippen LogP contribution in [0.3, 0.4) is 0 Å². The van der Waals surface area contributed by atoms with E-state index in [0.717, 1.165) is 55.7 Å². The van der Waals surface area contributed by atoms with Crippen LogP contribution in [0.5, 0.6) is 0 Å². The van der Waals surface area contributed by atoms with Crippen LogP contribution < -0.4 is 20.9 Å². The first-order chi connectivity index (χ1) is 15.6. The van der Waals surface area contributed by atoms with Crippen LogP contribution in [-0.4, -0.2) is 27.8 Å². The number of benzene rings is 1. The van der Waals surface area contributed by atoms with Crippen molar-refractivity contribution in [2.45, 2.75) is 83.8 Å². The van der Waals surface area contributed by atoms with Gasteiger partial charge in [-0.3, -0.25) is 0 Å². The second kappa shape index (κ2) is 8.91. The molecule has 0 saturated heterocycles. The van der Waals surface area contributed by atoms with E-state index in [-0.39, 0.29) is 11.6 Å². The molecule has 0 spiro atoms. The van der Waals surface area contributed by atoms with Crippen LogP contribution in [0.2, 0.25) is 0 Å². The first-order valence-electron chi connectivity index (χ1n) is 11.7. The molecule has 0 radical (unpaired) electrons. The second-order valence-corrected chi connectivity index (χ2v) is 9.88. The van der Waals surface area contributed by atoms with Crippen molar-refractivity contribution in [2.24, 2.45) is 5.92 Å². The molecular formula is C24H33F3N6. The minimum absolute atomic E-state index is 0.152. The molecule has 9 heteroatoms. The van der Waals surface area contributed by atoms with E-state index in [9.17, 15) is 13.2 Å². The van der Waals surface area contributed by atoms with Crippen LogP contribution in [0, 0.1) is 5.92 Å². The van der Waals surface area contributed by atoms with E-state index in [1.54, 1.807) is 12.3 Å².